The van der Waals surface area contributed by atoms with Crippen LogP contribution in [0.5, 0.6) is 5.75 Å². The molecule has 19 heavy (non-hydrogen) atoms. The molecule has 0 fully saturated rings. The number of ether oxygens (including phenoxy) is 1. The van der Waals surface area contributed by atoms with Gasteiger partial charge in [-0.3, -0.25) is 4.99 Å². The molecule has 0 aliphatic carbocycles. The maximum Gasteiger partial charge on any atom is 0.118 e. The molecule has 0 bridgehead atoms. The van der Waals surface area contributed by atoms with E-state index >= 15 is 0 Å². The fraction of sp³-hybridized carbons (Fsp3) is 0.118. The van der Waals surface area contributed by atoms with Crippen molar-refractivity contribution in [2.45, 2.75) is 0 Å². The third kappa shape index (κ3) is 4.33. The highest BCUT2D eigenvalue weighted by atomic mass is 16.5. The summed E-state index contributed by atoms with van der Waals surface area (Å²) >= 11 is 0. The molecule has 0 atom stereocenters. The first-order chi connectivity index (χ1) is 9.38. The van der Waals surface area contributed by atoms with Crippen molar-refractivity contribution in [2.75, 3.05) is 13.7 Å². The Morgan fingerprint density at radius 1 is 1.05 bits per heavy atom. The number of rotatable bonds is 3. The van der Waals surface area contributed by atoms with Crippen molar-refractivity contribution < 1.29 is 4.74 Å². The molecule has 0 saturated carbocycles. The van der Waals surface area contributed by atoms with Crippen molar-refractivity contribution in [1.29, 1.82) is 0 Å². The summed E-state index contributed by atoms with van der Waals surface area (Å²) in [6.45, 7) is 0.501. The number of aliphatic imine (C=N–C) groups is 1. The molecule has 0 saturated heterocycles. The Kier molecular flexibility index (Phi) is 4.78. The Hall–Kier alpha value is -2.53. The molecule has 2 aromatic carbocycles. The molecular formula is C17H15NO. The predicted molar refractivity (Wildman–Crippen MR) is 78.8 cm³/mol. The maximum atomic E-state index is 5.09. The van der Waals surface area contributed by atoms with E-state index < -0.39 is 0 Å². The van der Waals surface area contributed by atoms with Crippen LogP contribution in [-0.2, 0) is 0 Å². The molecule has 0 radical (unpaired) electrons. The highest BCUT2D eigenvalue weighted by Crippen LogP contribution is 2.09. The smallest absolute Gasteiger partial charge is 0.118 e. The summed E-state index contributed by atoms with van der Waals surface area (Å²) in [5.41, 5.74) is 2.06. The van der Waals surface area contributed by atoms with Gasteiger partial charge in [0.15, 0.2) is 0 Å². The SMILES string of the molecule is COc1ccc(C#CC/N=C/c2ccccc2)cc1. The van der Waals surface area contributed by atoms with E-state index in [4.69, 9.17) is 4.74 Å². The standard InChI is InChI=1S/C17H15NO/c1-19-17-11-9-15(10-12-17)8-5-13-18-14-16-6-3-2-4-7-16/h2-4,6-7,9-12,14H,13H2,1H3/b18-14+. The minimum absolute atomic E-state index is 0.501. The first kappa shape index (κ1) is 12.9. The van der Waals surface area contributed by atoms with Crippen molar-refractivity contribution in [1.82, 2.24) is 0 Å². The topological polar surface area (TPSA) is 21.6 Å². The molecule has 94 valence electrons. The van der Waals surface area contributed by atoms with Crippen LogP contribution in [0.25, 0.3) is 0 Å². The van der Waals surface area contributed by atoms with E-state index in [2.05, 4.69) is 16.8 Å². The zero-order valence-electron chi connectivity index (χ0n) is 10.8. The second-order valence-electron chi connectivity index (χ2n) is 3.91. The molecular weight excluding hydrogens is 234 g/mol. The Bertz CT molecular complexity index is 589. The van der Waals surface area contributed by atoms with Crippen molar-refractivity contribution in [3.63, 3.8) is 0 Å². The van der Waals surface area contributed by atoms with Gasteiger partial charge in [-0.15, -0.1) is 0 Å². The van der Waals surface area contributed by atoms with Crippen molar-refractivity contribution >= 4 is 6.21 Å². The van der Waals surface area contributed by atoms with Gasteiger partial charge in [0.25, 0.3) is 0 Å². The third-order valence-corrected chi connectivity index (χ3v) is 2.53. The summed E-state index contributed by atoms with van der Waals surface area (Å²) in [6, 6.07) is 17.7. The third-order valence-electron chi connectivity index (χ3n) is 2.53. The summed E-state index contributed by atoms with van der Waals surface area (Å²) in [6.07, 6.45) is 1.84. The van der Waals surface area contributed by atoms with Gasteiger partial charge in [0.2, 0.25) is 0 Å². The molecule has 2 nitrogen and oxygen atoms in total. The monoisotopic (exact) mass is 249 g/mol. The van der Waals surface area contributed by atoms with Gasteiger partial charge >= 0.3 is 0 Å². The van der Waals surface area contributed by atoms with E-state index in [0.29, 0.717) is 6.54 Å². The summed E-state index contributed by atoms with van der Waals surface area (Å²) in [5.74, 6) is 6.92. The number of hydrogen-bond donors (Lipinski definition) is 0. The number of hydrogen-bond acceptors (Lipinski definition) is 2. The van der Waals surface area contributed by atoms with E-state index in [0.717, 1.165) is 16.9 Å². The highest BCUT2D eigenvalue weighted by Gasteiger charge is 1.89. The quantitative estimate of drug-likeness (QED) is 0.605. The van der Waals surface area contributed by atoms with Crippen LogP contribution >= 0.6 is 0 Å². The predicted octanol–water partition coefficient (Wildman–Crippen LogP) is 3.17. The zero-order chi connectivity index (χ0) is 13.3. The van der Waals surface area contributed by atoms with Gasteiger partial charge in [-0.05, 0) is 29.8 Å². The van der Waals surface area contributed by atoms with Gasteiger partial charge < -0.3 is 4.74 Å². The average molecular weight is 249 g/mol. The maximum absolute atomic E-state index is 5.09. The van der Waals surface area contributed by atoms with Crippen molar-refractivity contribution in [3.05, 3.63) is 65.7 Å². The van der Waals surface area contributed by atoms with Gasteiger partial charge in [0, 0.05) is 11.8 Å². The Labute approximate surface area is 113 Å². The minimum Gasteiger partial charge on any atom is -0.497 e. The van der Waals surface area contributed by atoms with Gasteiger partial charge in [-0.2, -0.15) is 0 Å². The Morgan fingerprint density at radius 3 is 2.47 bits per heavy atom. The summed E-state index contributed by atoms with van der Waals surface area (Å²) in [4.78, 5) is 4.27. The molecule has 2 aromatic rings. The number of methoxy groups -OCH3 is 1. The summed E-state index contributed by atoms with van der Waals surface area (Å²) in [7, 11) is 1.65. The largest absolute Gasteiger partial charge is 0.497 e. The van der Waals surface area contributed by atoms with Crippen LogP contribution in [-0.4, -0.2) is 19.9 Å². The van der Waals surface area contributed by atoms with Crippen LogP contribution < -0.4 is 4.74 Å². The lowest BCUT2D eigenvalue weighted by molar-refractivity contribution is 0.415. The van der Waals surface area contributed by atoms with Gasteiger partial charge in [-0.1, -0.05) is 42.2 Å². The molecule has 0 amide bonds. The lowest BCUT2D eigenvalue weighted by Gasteiger charge is -1.97. The highest BCUT2D eigenvalue weighted by molar-refractivity contribution is 5.79. The molecule has 2 heteroatoms. The summed E-state index contributed by atoms with van der Waals surface area (Å²) < 4.78 is 5.09. The van der Waals surface area contributed by atoms with E-state index in [9.17, 15) is 0 Å². The first-order valence-corrected chi connectivity index (χ1v) is 6.06. The molecule has 0 spiro atoms. The lowest BCUT2D eigenvalue weighted by Crippen LogP contribution is -1.83. The van der Waals surface area contributed by atoms with E-state index in [-0.39, 0.29) is 0 Å². The van der Waals surface area contributed by atoms with E-state index in [1.165, 1.54) is 0 Å². The molecule has 0 aromatic heterocycles. The zero-order valence-corrected chi connectivity index (χ0v) is 10.8. The van der Waals surface area contributed by atoms with Crippen molar-refractivity contribution in [3.8, 4) is 17.6 Å². The van der Waals surface area contributed by atoms with E-state index in [1.54, 1.807) is 7.11 Å². The fourth-order valence-electron chi connectivity index (χ4n) is 1.55. The Morgan fingerprint density at radius 2 is 1.79 bits per heavy atom. The number of nitrogens with zero attached hydrogens (tertiary/aromatic N) is 1. The molecule has 0 unspecified atom stereocenters. The van der Waals surface area contributed by atoms with Crippen LogP contribution in [0.15, 0.2) is 59.6 Å². The summed E-state index contributed by atoms with van der Waals surface area (Å²) in [5, 5.41) is 0. The van der Waals surface area contributed by atoms with Crippen LogP contribution in [0.3, 0.4) is 0 Å². The molecule has 0 aliphatic rings. The fourth-order valence-corrected chi connectivity index (χ4v) is 1.55. The van der Waals surface area contributed by atoms with Crippen molar-refractivity contribution in [2.24, 2.45) is 4.99 Å². The van der Waals surface area contributed by atoms with Crippen LogP contribution in [0.1, 0.15) is 11.1 Å². The van der Waals surface area contributed by atoms with Crippen LogP contribution in [0.4, 0.5) is 0 Å². The molecule has 0 N–H and O–H groups in total. The molecule has 0 aliphatic heterocycles. The van der Waals surface area contributed by atoms with Gasteiger partial charge in [0.1, 0.15) is 12.3 Å². The second-order valence-corrected chi connectivity index (χ2v) is 3.91. The molecule has 2 rings (SSSR count). The second kappa shape index (κ2) is 7.03. The van der Waals surface area contributed by atoms with Gasteiger partial charge in [0.05, 0.1) is 7.11 Å². The van der Waals surface area contributed by atoms with Gasteiger partial charge in [-0.25, -0.2) is 0 Å². The van der Waals surface area contributed by atoms with Crippen LogP contribution in [0.2, 0.25) is 0 Å². The molecule has 0 heterocycles. The number of benzene rings is 2. The van der Waals surface area contributed by atoms with Crippen LogP contribution in [0, 0.1) is 11.8 Å². The lowest BCUT2D eigenvalue weighted by atomic mass is 10.2. The minimum atomic E-state index is 0.501. The first-order valence-electron chi connectivity index (χ1n) is 6.06. The Balaban J connectivity index is 1.89. The normalized spacial score (nSPS) is 9.95. The average Bonchev–Trinajstić information content (AvgIpc) is 2.49. The van der Waals surface area contributed by atoms with E-state index in [1.807, 2.05) is 60.8 Å².